The van der Waals surface area contributed by atoms with Crippen molar-refractivity contribution in [3.05, 3.63) is 29.6 Å². The predicted octanol–water partition coefficient (Wildman–Crippen LogP) is 2.25. The normalized spacial score (nSPS) is 25.2. The third-order valence-electron chi connectivity index (χ3n) is 3.22. The first-order valence-corrected chi connectivity index (χ1v) is 5.27. The van der Waals surface area contributed by atoms with Crippen LogP contribution in [0.15, 0.2) is 18.3 Å². The number of rotatable bonds is 1. The Bertz CT molecular complexity index is 314. The highest BCUT2D eigenvalue weighted by Crippen LogP contribution is 2.34. The summed E-state index contributed by atoms with van der Waals surface area (Å²) in [6.07, 6.45) is 3.24. The Hall–Kier alpha value is -0.890. The summed E-state index contributed by atoms with van der Waals surface area (Å²) in [6, 6.07) is 4.31. The zero-order valence-corrected chi connectivity index (χ0v) is 9.17. The molecule has 1 atom stereocenters. The molecule has 0 bridgehead atoms. The molecule has 1 aliphatic rings. The minimum atomic E-state index is 0.219. The number of nitrogens with zero attached hydrogens (tertiary/aromatic N) is 1. The summed E-state index contributed by atoms with van der Waals surface area (Å²) in [7, 11) is 0. The molecule has 2 nitrogen and oxygen atoms in total. The van der Waals surface area contributed by atoms with Crippen LogP contribution in [0.2, 0.25) is 0 Å². The van der Waals surface area contributed by atoms with Gasteiger partial charge in [-0.15, -0.1) is 0 Å². The Kier molecular flexibility index (Phi) is 2.31. The number of pyridine rings is 1. The second kappa shape index (κ2) is 3.35. The third kappa shape index (κ3) is 1.67. The van der Waals surface area contributed by atoms with Crippen LogP contribution in [0.1, 0.15) is 37.4 Å². The van der Waals surface area contributed by atoms with Gasteiger partial charge in [0.1, 0.15) is 0 Å². The van der Waals surface area contributed by atoms with E-state index < -0.39 is 0 Å². The van der Waals surface area contributed by atoms with Crippen molar-refractivity contribution in [3.63, 3.8) is 0 Å². The Morgan fingerprint density at radius 1 is 1.43 bits per heavy atom. The van der Waals surface area contributed by atoms with Gasteiger partial charge in [-0.1, -0.05) is 6.07 Å². The van der Waals surface area contributed by atoms with Crippen molar-refractivity contribution in [1.82, 2.24) is 10.3 Å². The summed E-state index contributed by atoms with van der Waals surface area (Å²) in [4.78, 5) is 4.36. The molecule has 1 N–H and O–H groups in total. The molecule has 2 heterocycles. The van der Waals surface area contributed by atoms with Crippen molar-refractivity contribution in [2.45, 2.75) is 38.6 Å². The molecule has 2 rings (SSSR count). The molecule has 0 amide bonds. The highest BCUT2D eigenvalue weighted by molar-refractivity contribution is 5.23. The molecule has 1 saturated heterocycles. The van der Waals surface area contributed by atoms with E-state index >= 15 is 0 Å². The lowest BCUT2D eigenvalue weighted by Gasteiger charge is -2.27. The lowest BCUT2D eigenvalue weighted by Crippen LogP contribution is -2.36. The molecule has 1 aliphatic heterocycles. The van der Waals surface area contributed by atoms with Gasteiger partial charge in [0.25, 0.3) is 0 Å². The second-order valence-corrected chi connectivity index (χ2v) is 4.72. The van der Waals surface area contributed by atoms with Crippen molar-refractivity contribution >= 4 is 0 Å². The number of hydrogen-bond acceptors (Lipinski definition) is 2. The van der Waals surface area contributed by atoms with Crippen LogP contribution in [0.25, 0.3) is 0 Å². The minimum Gasteiger partial charge on any atom is -0.311 e. The van der Waals surface area contributed by atoms with Gasteiger partial charge in [0.2, 0.25) is 0 Å². The van der Waals surface area contributed by atoms with Gasteiger partial charge in [0, 0.05) is 23.3 Å². The van der Waals surface area contributed by atoms with Crippen molar-refractivity contribution in [3.8, 4) is 0 Å². The maximum absolute atomic E-state index is 4.36. The number of hydrogen-bond donors (Lipinski definition) is 1. The molecule has 0 saturated carbocycles. The molecule has 2 heteroatoms. The summed E-state index contributed by atoms with van der Waals surface area (Å²) >= 11 is 0. The quantitative estimate of drug-likeness (QED) is 0.734. The van der Waals surface area contributed by atoms with Gasteiger partial charge >= 0.3 is 0 Å². The summed E-state index contributed by atoms with van der Waals surface area (Å²) < 4.78 is 0. The van der Waals surface area contributed by atoms with Gasteiger partial charge in [-0.2, -0.15) is 0 Å². The van der Waals surface area contributed by atoms with Crippen molar-refractivity contribution in [2.24, 2.45) is 0 Å². The molecule has 1 fully saturated rings. The molecular weight excluding hydrogens is 172 g/mol. The molecule has 0 aliphatic carbocycles. The average Bonchev–Trinajstić information content (AvgIpc) is 2.47. The van der Waals surface area contributed by atoms with Crippen LogP contribution in [0, 0.1) is 6.92 Å². The molecule has 1 aromatic heterocycles. The van der Waals surface area contributed by atoms with Crippen LogP contribution in [0.3, 0.4) is 0 Å². The summed E-state index contributed by atoms with van der Waals surface area (Å²) in [5.41, 5.74) is 2.68. The molecule has 0 spiro atoms. The first-order chi connectivity index (χ1) is 6.59. The van der Waals surface area contributed by atoms with E-state index in [4.69, 9.17) is 0 Å². The third-order valence-corrected chi connectivity index (χ3v) is 3.22. The standard InChI is InChI=1S/C12H18N2/c1-9-4-5-10(8-13-9)11-6-7-14-12(11,2)3/h4-5,8,11,14H,6-7H2,1-3H3. The second-order valence-electron chi connectivity index (χ2n) is 4.72. The van der Waals surface area contributed by atoms with E-state index in [1.807, 2.05) is 13.1 Å². The molecular formula is C12H18N2. The van der Waals surface area contributed by atoms with Gasteiger partial charge in [-0.05, 0) is 45.4 Å². The van der Waals surface area contributed by atoms with Gasteiger partial charge in [0.15, 0.2) is 0 Å². The van der Waals surface area contributed by atoms with E-state index in [1.165, 1.54) is 12.0 Å². The molecule has 14 heavy (non-hydrogen) atoms. The summed E-state index contributed by atoms with van der Waals surface area (Å²) in [5.74, 6) is 0.607. The Balaban J connectivity index is 2.27. The van der Waals surface area contributed by atoms with E-state index in [0.29, 0.717) is 5.92 Å². The van der Waals surface area contributed by atoms with E-state index in [-0.39, 0.29) is 5.54 Å². The SMILES string of the molecule is Cc1ccc(C2CCNC2(C)C)cn1. The lowest BCUT2D eigenvalue weighted by molar-refractivity contribution is 0.410. The van der Waals surface area contributed by atoms with Crippen molar-refractivity contribution in [2.75, 3.05) is 6.54 Å². The monoisotopic (exact) mass is 190 g/mol. The smallest absolute Gasteiger partial charge is 0.0372 e. The van der Waals surface area contributed by atoms with Crippen LogP contribution < -0.4 is 5.32 Å². The van der Waals surface area contributed by atoms with Gasteiger partial charge in [-0.3, -0.25) is 4.98 Å². The first kappa shape index (κ1) is 9.66. The van der Waals surface area contributed by atoms with Crippen LogP contribution >= 0.6 is 0 Å². The Morgan fingerprint density at radius 3 is 2.71 bits per heavy atom. The fraction of sp³-hybridized carbons (Fsp3) is 0.583. The molecule has 1 unspecified atom stereocenters. The minimum absolute atomic E-state index is 0.219. The van der Waals surface area contributed by atoms with Crippen LogP contribution in [0.5, 0.6) is 0 Å². The number of aromatic nitrogens is 1. The van der Waals surface area contributed by atoms with E-state index in [9.17, 15) is 0 Å². The zero-order valence-electron chi connectivity index (χ0n) is 9.17. The summed E-state index contributed by atoms with van der Waals surface area (Å²) in [5, 5.41) is 3.53. The average molecular weight is 190 g/mol. The predicted molar refractivity (Wildman–Crippen MR) is 58.4 cm³/mol. The fourth-order valence-electron chi connectivity index (χ4n) is 2.29. The van der Waals surface area contributed by atoms with Crippen molar-refractivity contribution in [1.29, 1.82) is 0 Å². The van der Waals surface area contributed by atoms with Gasteiger partial charge in [-0.25, -0.2) is 0 Å². The molecule has 76 valence electrons. The highest BCUT2D eigenvalue weighted by atomic mass is 15.0. The highest BCUT2D eigenvalue weighted by Gasteiger charge is 2.34. The van der Waals surface area contributed by atoms with Gasteiger partial charge in [0.05, 0.1) is 0 Å². The topological polar surface area (TPSA) is 24.9 Å². The van der Waals surface area contributed by atoms with Crippen LogP contribution in [-0.2, 0) is 0 Å². The lowest BCUT2D eigenvalue weighted by atomic mass is 9.84. The van der Waals surface area contributed by atoms with Crippen LogP contribution in [-0.4, -0.2) is 17.1 Å². The fourth-order valence-corrected chi connectivity index (χ4v) is 2.29. The van der Waals surface area contributed by atoms with E-state index in [0.717, 1.165) is 12.2 Å². The molecule has 0 radical (unpaired) electrons. The zero-order chi connectivity index (χ0) is 10.2. The Morgan fingerprint density at radius 2 is 2.21 bits per heavy atom. The number of aryl methyl sites for hydroxylation is 1. The first-order valence-electron chi connectivity index (χ1n) is 5.27. The molecule has 1 aromatic rings. The van der Waals surface area contributed by atoms with Crippen molar-refractivity contribution < 1.29 is 0 Å². The van der Waals surface area contributed by atoms with E-state index in [1.54, 1.807) is 0 Å². The Labute approximate surface area is 85.7 Å². The largest absolute Gasteiger partial charge is 0.311 e. The van der Waals surface area contributed by atoms with E-state index in [2.05, 4.69) is 36.3 Å². The summed E-state index contributed by atoms with van der Waals surface area (Å²) in [6.45, 7) is 7.68. The maximum Gasteiger partial charge on any atom is 0.0372 e. The maximum atomic E-state index is 4.36. The molecule has 0 aromatic carbocycles. The number of nitrogens with one attached hydrogen (secondary N) is 1. The van der Waals surface area contributed by atoms with Gasteiger partial charge < -0.3 is 5.32 Å². The van der Waals surface area contributed by atoms with Crippen LogP contribution in [0.4, 0.5) is 0 Å².